The van der Waals surface area contributed by atoms with E-state index in [1.54, 1.807) is 54.6 Å². The van der Waals surface area contributed by atoms with E-state index in [9.17, 15) is 9.59 Å². The third-order valence-corrected chi connectivity index (χ3v) is 4.93. The Hall–Kier alpha value is -2.67. The van der Waals surface area contributed by atoms with Crippen molar-refractivity contribution in [2.24, 2.45) is 0 Å². The summed E-state index contributed by atoms with van der Waals surface area (Å²) in [4.78, 5) is 26.7. The molecule has 3 N–H and O–H groups in total. The van der Waals surface area contributed by atoms with E-state index in [2.05, 4.69) is 10.6 Å². The van der Waals surface area contributed by atoms with Gasteiger partial charge in [-0.1, -0.05) is 41.9 Å². The number of ether oxygens (including phenoxy) is 1. The van der Waals surface area contributed by atoms with Crippen molar-refractivity contribution in [2.75, 3.05) is 39.4 Å². The van der Waals surface area contributed by atoms with Crippen molar-refractivity contribution < 1.29 is 19.2 Å². The number of hydrogen-bond acceptors (Lipinski definition) is 3. The smallest absolute Gasteiger partial charge is 0.268 e. The SMILES string of the molecule is O=C(NCC[NH+]1CCOCC1)/C(=C\c1ccc(Cl)cc1)NC(=O)c1ccccc1. The van der Waals surface area contributed by atoms with Crippen molar-refractivity contribution >= 4 is 29.5 Å². The molecular formula is C22H25ClN3O3+. The molecule has 1 aliphatic heterocycles. The summed E-state index contributed by atoms with van der Waals surface area (Å²) in [6, 6.07) is 15.9. The van der Waals surface area contributed by atoms with Gasteiger partial charge in [0.15, 0.2) is 0 Å². The molecule has 3 rings (SSSR count). The van der Waals surface area contributed by atoms with Crippen molar-refractivity contribution in [1.29, 1.82) is 0 Å². The Morgan fingerprint density at radius 3 is 2.41 bits per heavy atom. The zero-order valence-corrected chi connectivity index (χ0v) is 16.9. The first-order valence-corrected chi connectivity index (χ1v) is 10.0. The van der Waals surface area contributed by atoms with Crippen LogP contribution in [0.5, 0.6) is 0 Å². The molecule has 0 aliphatic carbocycles. The largest absolute Gasteiger partial charge is 0.370 e. The van der Waals surface area contributed by atoms with Crippen LogP contribution in [0.25, 0.3) is 6.08 Å². The number of morpholine rings is 1. The summed E-state index contributed by atoms with van der Waals surface area (Å²) in [5, 5.41) is 6.25. The zero-order valence-electron chi connectivity index (χ0n) is 16.1. The molecule has 0 spiro atoms. The monoisotopic (exact) mass is 414 g/mol. The fourth-order valence-electron chi connectivity index (χ4n) is 3.03. The normalized spacial score (nSPS) is 15.0. The summed E-state index contributed by atoms with van der Waals surface area (Å²) >= 11 is 5.94. The van der Waals surface area contributed by atoms with Gasteiger partial charge >= 0.3 is 0 Å². The molecule has 2 aromatic carbocycles. The lowest BCUT2D eigenvalue weighted by molar-refractivity contribution is -0.906. The van der Waals surface area contributed by atoms with Crippen molar-refractivity contribution in [3.63, 3.8) is 0 Å². The van der Waals surface area contributed by atoms with Crippen molar-refractivity contribution in [1.82, 2.24) is 10.6 Å². The minimum absolute atomic E-state index is 0.193. The molecule has 1 saturated heterocycles. The number of carbonyl (C=O) groups excluding carboxylic acids is 2. The van der Waals surface area contributed by atoms with E-state index in [1.165, 1.54) is 4.90 Å². The Kier molecular flexibility index (Phi) is 7.81. The standard InChI is InChI=1S/C22H24ClN3O3/c23-19-8-6-17(7-9-19)16-20(25-21(27)18-4-2-1-3-5-18)22(28)24-10-11-26-12-14-29-15-13-26/h1-9,16H,10-15H2,(H,24,28)(H,25,27)/p+1/b20-16+. The molecule has 1 heterocycles. The van der Waals surface area contributed by atoms with Crippen LogP contribution in [0.3, 0.4) is 0 Å². The van der Waals surface area contributed by atoms with Gasteiger partial charge in [0, 0.05) is 10.6 Å². The van der Waals surface area contributed by atoms with Gasteiger partial charge in [-0.05, 0) is 35.9 Å². The Morgan fingerprint density at radius 2 is 1.72 bits per heavy atom. The first kappa shape index (κ1) is 21.0. The highest BCUT2D eigenvalue weighted by Gasteiger charge is 2.17. The molecule has 0 radical (unpaired) electrons. The molecule has 0 bridgehead atoms. The average Bonchev–Trinajstić information content (AvgIpc) is 2.76. The Morgan fingerprint density at radius 1 is 1.03 bits per heavy atom. The summed E-state index contributed by atoms with van der Waals surface area (Å²) in [5.74, 6) is -0.656. The maximum Gasteiger partial charge on any atom is 0.268 e. The fraction of sp³-hybridized carbons (Fsp3) is 0.273. The van der Waals surface area contributed by atoms with E-state index in [0.29, 0.717) is 17.1 Å². The number of rotatable bonds is 7. The fourth-order valence-corrected chi connectivity index (χ4v) is 3.15. The van der Waals surface area contributed by atoms with Crippen molar-refractivity contribution in [2.45, 2.75) is 0 Å². The molecule has 2 amide bonds. The molecule has 0 aromatic heterocycles. The number of nitrogens with one attached hydrogen (secondary N) is 3. The van der Waals surface area contributed by atoms with Gasteiger partial charge in [0.2, 0.25) is 0 Å². The van der Waals surface area contributed by atoms with E-state index < -0.39 is 0 Å². The minimum Gasteiger partial charge on any atom is -0.370 e. The van der Waals surface area contributed by atoms with Crippen LogP contribution in [0.2, 0.25) is 5.02 Å². The van der Waals surface area contributed by atoms with Gasteiger partial charge < -0.3 is 20.3 Å². The summed E-state index contributed by atoms with van der Waals surface area (Å²) in [7, 11) is 0. The lowest BCUT2D eigenvalue weighted by Crippen LogP contribution is -3.14. The summed E-state index contributed by atoms with van der Waals surface area (Å²) < 4.78 is 5.35. The van der Waals surface area contributed by atoms with E-state index in [-0.39, 0.29) is 17.5 Å². The van der Waals surface area contributed by atoms with E-state index in [0.717, 1.165) is 38.4 Å². The van der Waals surface area contributed by atoms with Crippen LogP contribution in [0.4, 0.5) is 0 Å². The quantitative estimate of drug-likeness (QED) is 0.595. The van der Waals surface area contributed by atoms with Gasteiger partial charge in [-0.25, -0.2) is 0 Å². The maximum absolute atomic E-state index is 12.8. The number of amides is 2. The second-order valence-electron chi connectivity index (χ2n) is 6.80. The molecular weight excluding hydrogens is 390 g/mol. The third-order valence-electron chi connectivity index (χ3n) is 4.67. The summed E-state index contributed by atoms with van der Waals surface area (Å²) in [6.45, 7) is 4.71. The number of carbonyl (C=O) groups is 2. The van der Waals surface area contributed by atoms with Crippen LogP contribution in [-0.2, 0) is 9.53 Å². The molecule has 1 fully saturated rings. The van der Waals surface area contributed by atoms with Gasteiger partial charge in [-0.15, -0.1) is 0 Å². The van der Waals surface area contributed by atoms with Crippen LogP contribution in [-0.4, -0.2) is 51.2 Å². The average molecular weight is 415 g/mol. The van der Waals surface area contributed by atoms with E-state index >= 15 is 0 Å². The first-order valence-electron chi connectivity index (χ1n) is 9.65. The molecule has 1 aliphatic rings. The maximum atomic E-state index is 12.8. The predicted molar refractivity (Wildman–Crippen MR) is 113 cm³/mol. The Balaban J connectivity index is 1.68. The minimum atomic E-state index is -0.334. The zero-order chi connectivity index (χ0) is 20.5. The van der Waals surface area contributed by atoms with Crippen molar-refractivity contribution in [3.8, 4) is 0 Å². The Labute approximate surface area is 175 Å². The lowest BCUT2D eigenvalue weighted by atomic mass is 10.1. The highest BCUT2D eigenvalue weighted by atomic mass is 35.5. The molecule has 152 valence electrons. The topological polar surface area (TPSA) is 71.9 Å². The highest BCUT2D eigenvalue weighted by Crippen LogP contribution is 2.12. The number of benzene rings is 2. The van der Waals surface area contributed by atoms with Gasteiger partial charge in [0.1, 0.15) is 18.8 Å². The molecule has 29 heavy (non-hydrogen) atoms. The first-order chi connectivity index (χ1) is 14.1. The summed E-state index contributed by atoms with van der Waals surface area (Å²) in [5.41, 5.74) is 1.45. The number of hydrogen-bond donors (Lipinski definition) is 3. The third kappa shape index (κ3) is 6.71. The van der Waals surface area contributed by atoms with Crippen LogP contribution < -0.4 is 15.5 Å². The van der Waals surface area contributed by atoms with Gasteiger partial charge in [-0.2, -0.15) is 0 Å². The van der Waals surface area contributed by atoms with E-state index in [1.807, 2.05) is 6.07 Å². The van der Waals surface area contributed by atoms with Gasteiger partial charge in [0.25, 0.3) is 11.8 Å². The second-order valence-corrected chi connectivity index (χ2v) is 7.23. The molecule has 0 atom stereocenters. The molecule has 7 heteroatoms. The molecule has 6 nitrogen and oxygen atoms in total. The molecule has 0 unspecified atom stereocenters. The summed E-state index contributed by atoms with van der Waals surface area (Å²) in [6.07, 6.45) is 1.65. The van der Waals surface area contributed by atoms with Crippen LogP contribution >= 0.6 is 11.6 Å². The van der Waals surface area contributed by atoms with Gasteiger partial charge in [0.05, 0.1) is 26.3 Å². The lowest BCUT2D eigenvalue weighted by Gasteiger charge is -2.23. The van der Waals surface area contributed by atoms with Gasteiger partial charge in [-0.3, -0.25) is 9.59 Å². The highest BCUT2D eigenvalue weighted by molar-refractivity contribution is 6.30. The molecule has 2 aromatic rings. The van der Waals surface area contributed by atoms with Crippen molar-refractivity contribution in [3.05, 3.63) is 76.4 Å². The van der Waals surface area contributed by atoms with Crippen LogP contribution in [0, 0.1) is 0 Å². The van der Waals surface area contributed by atoms with Crippen LogP contribution in [0.15, 0.2) is 60.3 Å². The predicted octanol–water partition coefficient (Wildman–Crippen LogP) is 1.14. The van der Waals surface area contributed by atoms with Crippen LogP contribution in [0.1, 0.15) is 15.9 Å². The Bertz CT molecular complexity index is 847. The van der Waals surface area contributed by atoms with E-state index in [4.69, 9.17) is 16.3 Å². The number of halogens is 1. The number of quaternary nitrogens is 1. The molecule has 0 saturated carbocycles. The second kappa shape index (κ2) is 10.8.